The van der Waals surface area contributed by atoms with Crippen LogP contribution >= 0.6 is 47.3 Å². The monoisotopic (exact) mass is 353 g/mol. The molecule has 1 aliphatic heterocycles. The minimum absolute atomic E-state index is 0.187. The average Bonchev–Trinajstić information content (AvgIpc) is 3.00. The van der Waals surface area contributed by atoms with Crippen molar-refractivity contribution in [2.45, 2.75) is 9.99 Å². The minimum atomic E-state index is -0.187. The smallest absolute Gasteiger partial charge is 0.263 e. The second-order valence-electron chi connectivity index (χ2n) is 4.07. The molecule has 2 heterocycles. The van der Waals surface area contributed by atoms with E-state index < -0.39 is 0 Å². The van der Waals surface area contributed by atoms with Crippen molar-refractivity contribution in [3.63, 3.8) is 0 Å². The van der Waals surface area contributed by atoms with Crippen LogP contribution in [0.3, 0.4) is 0 Å². The maximum atomic E-state index is 11.6. The quantitative estimate of drug-likeness (QED) is 0.646. The van der Waals surface area contributed by atoms with Crippen molar-refractivity contribution in [2.75, 3.05) is 0 Å². The first kappa shape index (κ1) is 14.7. The van der Waals surface area contributed by atoms with E-state index in [-0.39, 0.29) is 5.91 Å². The van der Waals surface area contributed by atoms with Gasteiger partial charge in [0.25, 0.3) is 5.91 Å². The number of thioether (sulfide) groups is 1. The van der Waals surface area contributed by atoms with Gasteiger partial charge < -0.3 is 9.73 Å². The Balaban J connectivity index is 1.74. The number of furan rings is 1. The van der Waals surface area contributed by atoms with Crippen molar-refractivity contribution in [1.29, 1.82) is 0 Å². The maximum Gasteiger partial charge on any atom is 0.263 e. The van der Waals surface area contributed by atoms with E-state index in [1.165, 1.54) is 23.5 Å². The van der Waals surface area contributed by atoms with Gasteiger partial charge >= 0.3 is 0 Å². The standard InChI is InChI=1S/C14H8ClNO2S3/c15-8-1-4-10(5-2-8)20-12-6-3-9(18-12)7-11-13(17)16-14(19)21-11/h1-7H,(H,16,17,19)/b11-7+. The molecule has 0 unspecified atom stereocenters. The molecule has 1 aromatic carbocycles. The molecule has 7 heteroatoms. The third kappa shape index (κ3) is 3.71. The third-order valence-corrected chi connectivity index (χ3v) is 4.89. The number of thiocarbonyl (C=S) groups is 1. The first-order valence-corrected chi connectivity index (χ1v) is 8.30. The summed E-state index contributed by atoms with van der Waals surface area (Å²) in [6, 6.07) is 11.2. The fourth-order valence-corrected chi connectivity index (χ4v) is 3.56. The van der Waals surface area contributed by atoms with Crippen molar-refractivity contribution >= 4 is 63.6 Å². The molecular formula is C14H8ClNO2S3. The van der Waals surface area contributed by atoms with E-state index in [1.807, 2.05) is 36.4 Å². The molecular weight excluding hydrogens is 346 g/mol. The highest BCUT2D eigenvalue weighted by Crippen LogP contribution is 2.32. The fourth-order valence-electron chi connectivity index (χ4n) is 1.64. The SMILES string of the molecule is O=C1NC(=S)S/C1=C/c1ccc(Sc2ccc(Cl)cc2)o1. The first-order valence-electron chi connectivity index (χ1n) is 5.88. The van der Waals surface area contributed by atoms with E-state index in [1.54, 1.807) is 6.08 Å². The second-order valence-corrected chi connectivity index (χ2v) is 7.30. The van der Waals surface area contributed by atoms with E-state index in [0.717, 1.165) is 9.99 Å². The van der Waals surface area contributed by atoms with Crippen LogP contribution in [0.4, 0.5) is 0 Å². The molecule has 21 heavy (non-hydrogen) atoms. The fraction of sp³-hybridized carbons (Fsp3) is 0. The summed E-state index contributed by atoms with van der Waals surface area (Å²) in [4.78, 5) is 13.1. The van der Waals surface area contributed by atoms with Gasteiger partial charge in [-0.15, -0.1) is 0 Å². The van der Waals surface area contributed by atoms with Crippen LogP contribution < -0.4 is 5.32 Å². The number of nitrogens with one attached hydrogen (secondary N) is 1. The molecule has 0 bridgehead atoms. The number of amides is 1. The Morgan fingerprint density at radius 1 is 1.24 bits per heavy atom. The molecule has 1 fully saturated rings. The summed E-state index contributed by atoms with van der Waals surface area (Å²) in [5, 5.41) is 4.01. The minimum Gasteiger partial charge on any atom is -0.450 e. The molecule has 0 spiro atoms. The van der Waals surface area contributed by atoms with Gasteiger partial charge in [-0.3, -0.25) is 4.79 Å². The van der Waals surface area contributed by atoms with Crippen LogP contribution in [0.15, 0.2) is 55.7 Å². The van der Waals surface area contributed by atoms with Gasteiger partial charge in [-0.2, -0.15) is 0 Å². The Hall–Kier alpha value is -1.21. The Kier molecular flexibility index (Phi) is 4.40. The molecule has 0 aliphatic carbocycles. The summed E-state index contributed by atoms with van der Waals surface area (Å²) in [7, 11) is 0. The molecule has 0 atom stereocenters. The van der Waals surface area contributed by atoms with Crippen LogP contribution in [0.5, 0.6) is 0 Å². The van der Waals surface area contributed by atoms with E-state index in [4.69, 9.17) is 28.2 Å². The summed E-state index contributed by atoms with van der Waals surface area (Å²) >= 11 is 13.5. The summed E-state index contributed by atoms with van der Waals surface area (Å²) in [5.74, 6) is 0.433. The molecule has 1 amide bonds. The largest absolute Gasteiger partial charge is 0.450 e. The van der Waals surface area contributed by atoms with Crippen LogP contribution in [-0.2, 0) is 4.79 Å². The van der Waals surface area contributed by atoms with Gasteiger partial charge in [-0.1, -0.05) is 47.3 Å². The molecule has 1 saturated heterocycles. The highest BCUT2D eigenvalue weighted by molar-refractivity contribution is 8.26. The first-order chi connectivity index (χ1) is 10.1. The number of carbonyl (C=O) groups excluding carboxylic acids is 1. The Labute approximate surface area is 140 Å². The summed E-state index contributed by atoms with van der Waals surface area (Å²) in [5.41, 5.74) is 0. The van der Waals surface area contributed by atoms with Crippen molar-refractivity contribution < 1.29 is 9.21 Å². The Morgan fingerprint density at radius 3 is 2.67 bits per heavy atom. The zero-order valence-corrected chi connectivity index (χ0v) is 13.7. The van der Waals surface area contributed by atoms with E-state index >= 15 is 0 Å². The Bertz CT molecular complexity index is 737. The van der Waals surface area contributed by atoms with Crippen LogP contribution in [0, 0.1) is 0 Å². The predicted octanol–water partition coefficient (Wildman–Crippen LogP) is 4.57. The van der Waals surface area contributed by atoms with Gasteiger partial charge in [-0.05, 0) is 36.4 Å². The van der Waals surface area contributed by atoms with Crippen molar-refractivity contribution in [3.8, 4) is 0 Å². The average molecular weight is 354 g/mol. The number of benzene rings is 1. The Morgan fingerprint density at radius 2 is 2.00 bits per heavy atom. The molecule has 1 aliphatic rings. The lowest BCUT2D eigenvalue weighted by Crippen LogP contribution is -2.17. The molecule has 2 aromatic rings. The number of hydrogen-bond acceptors (Lipinski definition) is 5. The van der Waals surface area contributed by atoms with E-state index in [9.17, 15) is 4.79 Å². The van der Waals surface area contributed by atoms with Crippen LogP contribution in [-0.4, -0.2) is 10.2 Å². The number of rotatable bonds is 3. The van der Waals surface area contributed by atoms with Crippen LogP contribution in [0.1, 0.15) is 5.76 Å². The molecule has 3 nitrogen and oxygen atoms in total. The van der Waals surface area contributed by atoms with Crippen molar-refractivity contribution in [2.24, 2.45) is 0 Å². The lowest BCUT2D eigenvalue weighted by atomic mass is 10.4. The van der Waals surface area contributed by atoms with Crippen molar-refractivity contribution in [3.05, 3.63) is 52.1 Å². The van der Waals surface area contributed by atoms with Crippen LogP contribution in [0.25, 0.3) is 6.08 Å². The highest BCUT2D eigenvalue weighted by Gasteiger charge is 2.22. The van der Waals surface area contributed by atoms with Crippen LogP contribution in [0.2, 0.25) is 5.02 Å². The summed E-state index contributed by atoms with van der Waals surface area (Å²) in [6.07, 6.45) is 1.69. The molecule has 106 valence electrons. The zero-order valence-electron chi connectivity index (χ0n) is 10.5. The second kappa shape index (κ2) is 6.27. The number of halogens is 1. The molecule has 1 N–H and O–H groups in total. The van der Waals surface area contributed by atoms with Gasteiger partial charge in [0.2, 0.25) is 0 Å². The predicted molar refractivity (Wildman–Crippen MR) is 90.6 cm³/mol. The summed E-state index contributed by atoms with van der Waals surface area (Å²) < 4.78 is 6.15. The van der Waals surface area contributed by atoms with Gasteiger partial charge in [0.05, 0.1) is 4.91 Å². The maximum absolute atomic E-state index is 11.6. The van der Waals surface area contributed by atoms with Gasteiger partial charge in [0.1, 0.15) is 10.1 Å². The lowest BCUT2D eigenvalue weighted by Gasteiger charge is -1.97. The normalized spacial score (nSPS) is 16.5. The van der Waals surface area contributed by atoms with Gasteiger partial charge in [-0.25, -0.2) is 0 Å². The molecule has 3 rings (SSSR count). The van der Waals surface area contributed by atoms with Gasteiger partial charge in [0.15, 0.2) is 5.09 Å². The zero-order chi connectivity index (χ0) is 14.8. The van der Waals surface area contributed by atoms with E-state index in [0.29, 0.717) is 20.0 Å². The summed E-state index contributed by atoms with van der Waals surface area (Å²) in [6.45, 7) is 0. The molecule has 1 aromatic heterocycles. The molecule has 0 saturated carbocycles. The number of carbonyl (C=O) groups is 1. The third-order valence-electron chi connectivity index (χ3n) is 2.55. The van der Waals surface area contributed by atoms with E-state index in [2.05, 4.69) is 5.32 Å². The lowest BCUT2D eigenvalue weighted by molar-refractivity contribution is -0.115. The van der Waals surface area contributed by atoms with Gasteiger partial charge in [0, 0.05) is 16.0 Å². The highest BCUT2D eigenvalue weighted by atomic mass is 35.5. The topological polar surface area (TPSA) is 42.2 Å². The van der Waals surface area contributed by atoms with Crippen molar-refractivity contribution in [1.82, 2.24) is 5.32 Å². The molecule has 0 radical (unpaired) electrons. The number of hydrogen-bond donors (Lipinski definition) is 1.